The number of benzene rings is 2. The van der Waals surface area contributed by atoms with E-state index < -0.39 is 23.4 Å². The normalized spacial score (nSPS) is 14.6. The van der Waals surface area contributed by atoms with Crippen molar-refractivity contribution in [1.82, 2.24) is 9.88 Å². The van der Waals surface area contributed by atoms with Crippen LogP contribution in [-0.4, -0.2) is 35.6 Å². The molecule has 0 saturated heterocycles. The number of aromatic nitrogens is 1. The molecule has 0 fully saturated rings. The quantitative estimate of drug-likeness (QED) is 0.507. The summed E-state index contributed by atoms with van der Waals surface area (Å²) in [6.07, 6.45) is -3.13. The van der Waals surface area contributed by atoms with Crippen LogP contribution < -0.4 is 14.8 Å². The summed E-state index contributed by atoms with van der Waals surface area (Å²) in [5.74, 6) is -1.04. The van der Waals surface area contributed by atoms with Gasteiger partial charge in [-0.15, -0.1) is 0 Å². The first-order valence-electron chi connectivity index (χ1n) is 11.0. The Morgan fingerprint density at radius 2 is 1.76 bits per heavy atom. The lowest BCUT2D eigenvalue weighted by Crippen LogP contribution is -2.34. The summed E-state index contributed by atoms with van der Waals surface area (Å²) in [7, 11) is 0. The lowest BCUT2D eigenvalue weighted by Gasteiger charge is -2.24. The lowest BCUT2D eigenvalue weighted by atomic mass is 9.95. The highest BCUT2D eigenvalue weighted by atomic mass is 19.4. The molecule has 0 radical (unpaired) electrons. The monoisotopic (exact) mass is 474 g/mol. The number of rotatable bonds is 6. The fourth-order valence-electron chi connectivity index (χ4n) is 4.09. The molecular formula is C25H25F3N2O4. The van der Waals surface area contributed by atoms with Gasteiger partial charge in [-0.05, 0) is 29.7 Å². The molecule has 0 aliphatic carbocycles. The van der Waals surface area contributed by atoms with E-state index in [-0.39, 0.29) is 23.9 Å². The molecule has 0 spiro atoms. The van der Waals surface area contributed by atoms with Crippen molar-refractivity contribution in [1.29, 1.82) is 0 Å². The fraction of sp³-hybridized carbons (Fsp3) is 0.360. The van der Waals surface area contributed by atoms with Gasteiger partial charge >= 0.3 is 6.18 Å². The van der Waals surface area contributed by atoms with Crippen molar-refractivity contribution in [3.05, 3.63) is 59.8 Å². The predicted molar refractivity (Wildman–Crippen MR) is 120 cm³/mol. The number of Topliss-reactive ketones (excluding diaryl/α,β-unsaturated/α-hetero) is 1. The minimum Gasteiger partial charge on any atom is -0.490 e. The summed E-state index contributed by atoms with van der Waals surface area (Å²) in [5.41, 5.74) is 0.735. The van der Waals surface area contributed by atoms with Gasteiger partial charge in [0.1, 0.15) is 6.54 Å². The summed E-state index contributed by atoms with van der Waals surface area (Å²) in [4.78, 5) is 24.9. The topological polar surface area (TPSA) is 69.6 Å². The predicted octanol–water partition coefficient (Wildman–Crippen LogP) is 5.06. The van der Waals surface area contributed by atoms with Crippen molar-refractivity contribution in [3.8, 4) is 11.5 Å². The summed E-state index contributed by atoms with van der Waals surface area (Å²) in [6.45, 7) is 4.78. The number of carbonyl (C=O) groups is 2. The van der Waals surface area contributed by atoms with E-state index in [1.807, 2.05) is 32.0 Å². The zero-order valence-corrected chi connectivity index (χ0v) is 18.8. The van der Waals surface area contributed by atoms with Crippen molar-refractivity contribution >= 4 is 22.6 Å². The van der Waals surface area contributed by atoms with Crippen molar-refractivity contribution in [2.45, 2.75) is 39.0 Å². The number of hydrogen-bond acceptors (Lipinski definition) is 4. The van der Waals surface area contributed by atoms with Gasteiger partial charge in [-0.3, -0.25) is 9.59 Å². The van der Waals surface area contributed by atoms with Gasteiger partial charge in [0.25, 0.3) is 5.78 Å². The van der Waals surface area contributed by atoms with E-state index in [2.05, 4.69) is 5.32 Å². The third kappa shape index (κ3) is 4.88. The Labute approximate surface area is 194 Å². The Kier molecular flexibility index (Phi) is 6.54. The van der Waals surface area contributed by atoms with Crippen LogP contribution >= 0.6 is 0 Å². The van der Waals surface area contributed by atoms with Crippen LogP contribution in [0.3, 0.4) is 0 Å². The Balaban J connectivity index is 1.58. The van der Waals surface area contributed by atoms with Crippen LogP contribution in [0, 0.1) is 5.92 Å². The number of fused-ring (bicyclic) bond motifs is 2. The number of amides is 1. The summed E-state index contributed by atoms with van der Waals surface area (Å²) < 4.78 is 52.0. The second-order valence-electron chi connectivity index (χ2n) is 8.56. The van der Waals surface area contributed by atoms with E-state index >= 15 is 0 Å². The molecule has 2 aromatic carbocycles. The molecule has 1 N–H and O–H groups in total. The number of para-hydroxylation sites is 1. The van der Waals surface area contributed by atoms with Crippen LogP contribution in [0.15, 0.2) is 48.7 Å². The molecular weight excluding hydrogens is 449 g/mol. The maximum Gasteiger partial charge on any atom is 0.454 e. The van der Waals surface area contributed by atoms with E-state index in [4.69, 9.17) is 9.47 Å². The average Bonchev–Trinajstić information content (AvgIpc) is 2.97. The van der Waals surface area contributed by atoms with Gasteiger partial charge in [-0.25, -0.2) is 0 Å². The summed E-state index contributed by atoms with van der Waals surface area (Å²) in [5, 5.41) is 3.13. The summed E-state index contributed by atoms with van der Waals surface area (Å²) >= 11 is 0. The highest BCUT2D eigenvalue weighted by molar-refractivity contribution is 6.10. The van der Waals surface area contributed by atoms with Crippen LogP contribution in [0.25, 0.3) is 10.9 Å². The van der Waals surface area contributed by atoms with E-state index in [1.165, 1.54) is 10.6 Å². The SMILES string of the molecule is CC(C)C(NC(=O)Cn1cc(C(=O)C(F)(F)F)c2ccccc21)c1ccc2c(c1)OCCCO2. The zero-order chi connectivity index (χ0) is 24.5. The third-order valence-electron chi connectivity index (χ3n) is 5.72. The number of carbonyl (C=O) groups excluding carboxylic acids is 2. The molecule has 1 unspecified atom stereocenters. The van der Waals surface area contributed by atoms with Crippen LogP contribution in [0.5, 0.6) is 11.5 Å². The molecule has 1 amide bonds. The average molecular weight is 474 g/mol. The first kappa shape index (κ1) is 23.7. The number of nitrogens with one attached hydrogen (secondary N) is 1. The molecule has 1 aliphatic heterocycles. The minimum atomic E-state index is -5.00. The number of nitrogens with zero attached hydrogens (tertiary/aromatic N) is 1. The maximum atomic E-state index is 13.1. The number of ether oxygens (including phenoxy) is 2. The van der Waals surface area contributed by atoms with Crippen molar-refractivity contribution in [2.24, 2.45) is 5.92 Å². The molecule has 4 rings (SSSR count). The van der Waals surface area contributed by atoms with Crippen LogP contribution in [0.1, 0.15) is 42.2 Å². The van der Waals surface area contributed by atoms with Crippen molar-refractivity contribution in [2.75, 3.05) is 13.2 Å². The maximum absolute atomic E-state index is 13.1. The lowest BCUT2D eigenvalue weighted by molar-refractivity contribution is -0.122. The van der Waals surface area contributed by atoms with Gasteiger partial charge < -0.3 is 19.4 Å². The Morgan fingerprint density at radius 1 is 1.06 bits per heavy atom. The highest BCUT2D eigenvalue weighted by Gasteiger charge is 2.40. The molecule has 0 bridgehead atoms. The molecule has 0 saturated carbocycles. The zero-order valence-electron chi connectivity index (χ0n) is 18.8. The highest BCUT2D eigenvalue weighted by Crippen LogP contribution is 2.34. The van der Waals surface area contributed by atoms with Gasteiger partial charge in [0.05, 0.1) is 24.8 Å². The first-order chi connectivity index (χ1) is 16.1. The minimum absolute atomic E-state index is 0.0254. The largest absolute Gasteiger partial charge is 0.490 e. The van der Waals surface area contributed by atoms with Gasteiger partial charge in [0.15, 0.2) is 11.5 Å². The first-order valence-corrected chi connectivity index (χ1v) is 11.0. The molecule has 1 atom stereocenters. The second-order valence-corrected chi connectivity index (χ2v) is 8.56. The van der Waals surface area contributed by atoms with E-state index in [0.29, 0.717) is 30.2 Å². The van der Waals surface area contributed by atoms with Gasteiger partial charge in [0.2, 0.25) is 5.91 Å². The van der Waals surface area contributed by atoms with Gasteiger partial charge in [-0.1, -0.05) is 38.1 Å². The molecule has 34 heavy (non-hydrogen) atoms. The fourth-order valence-corrected chi connectivity index (χ4v) is 4.09. The van der Waals surface area contributed by atoms with Crippen LogP contribution in [0.2, 0.25) is 0 Å². The van der Waals surface area contributed by atoms with Crippen LogP contribution in [-0.2, 0) is 11.3 Å². The van der Waals surface area contributed by atoms with E-state index in [1.54, 1.807) is 18.2 Å². The van der Waals surface area contributed by atoms with E-state index in [0.717, 1.165) is 18.2 Å². The Hall–Kier alpha value is -3.49. The molecule has 2 heterocycles. The van der Waals surface area contributed by atoms with Crippen molar-refractivity contribution in [3.63, 3.8) is 0 Å². The Bertz CT molecular complexity index is 1220. The number of hydrogen-bond donors (Lipinski definition) is 1. The Morgan fingerprint density at radius 3 is 2.47 bits per heavy atom. The molecule has 1 aliphatic rings. The van der Waals surface area contributed by atoms with Gasteiger partial charge in [0, 0.05) is 23.5 Å². The summed E-state index contributed by atoms with van der Waals surface area (Å²) in [6, 6.07) is 11.4. The molecule has 1 aromatic heterocycles. The smallest absolute Gasteiger partial charge is 0.454 e. The van der Waals surface area contributed by atoms with Crippen molar-refractivity contribution < 1.29 is 32.2 Å². The number of ketones is 1. The third-order valence-corrected chi connectivity index (χ3v) is 5.72. The number of alkyl halides is 3. The molecule has 6 nitrogen and oxygen atoms in total. The second kappa shape index (κ2) is 9.40. The molecule has 3 aromatic rings. The van der Waals surface area contributed by atoms with Crippen LogP contribution in [0.4, 0.5) is 13.2 Å². The molecule has 180 valence electrons. The number of halogens is 3. The molecule has 9 heteroatoms. The standard InChI is InChI=1S/C25H25F3N2O4/c1-15(2)23(16-8-9-20-21(12-16)34-11-5-10-33-20)29-22(31)14-30-13-18(24(32)25(26,27)28)17-6-3-4-7-19(17)30/h3-4,6-9,12-13,15,23H,5,10-11,14H2,1-2H3,(H,29,31). The van der Waals surface area contributed by atoms with E-state index in [9.17, 15) is 22.8 Å². The van der Waals surface area contributed by atoms with Gasteiger partial charge in [-0.2, -0.15) is 13.2 Å².